The molecule has 1 aromatic carbocycles. The van der Waals surface area contributed by atoms with Crippen molar-refractivity contribution in [2.75, 3.05) is 29.4 Å². The smallest absolute Gasteiger partial charge is 0.240 e. The fourth-order valence-electron chi connectivity index (χ4n) is 3.53. The maximum atomic E-state index is 12.3. The van der Waals surface area contributed by atoms with E-state index in [9.17, 15) is 13.2 Å². The molecule has 2 rings (SSSR count). The molecule has 0 atom stereocenters. The first-order valence-corrected chi connectivity index (χ1v) is 12.6. The molecule has 1 aliphatic carbocycles. The number of rotatable bonds is 9. The Morgan fingerprint density at radius 3 is 2.41 bits per heavy atom. The molecule has 1 N–H and O–H groups in total. The van der Waals surface area contributed by atoms with Crippen molar-refractivity contribution >= 4 is 33.4 Å². The molecule has 0 bridgehead atoms. The van der Waals surface area contributed by atoms with Gasteiger partial charge in [-0.3, -0.25) is 9.10 Å². The summed E-state index contributed by atoms with van der Waals surface area (Å²) in [4.78, 5) is 12.3. The van der Waals surface area contributed by atoms with Crippen molar-refractivity contribution in [3.05, 3.63) is 29.3 Å². The van der Waals surface area contributed by atoms with E-state index >= 15 is 0 Å². The van der Waals surface area contributed by atoms with Crippen LogP contribution in [0, 0.1) is 13.8 Å². The van der Waals surface area contributed by atoms with Crippen molar-refractivity contribution in [2.45, 2.75) is 57.6 Å². The van der Waals surface area contributed by atoms with E-state index < -0.39 is 10.0 Å². The largest absolute Gasteiger partial charge is 0.354 e. The summed E-state index contributed by atoms with van der Waals surface area (Å²) < 4.78 is 25.7. The van der Waals surface area contributed by atoms with Gasteiger partial charge in [-0.05, 0) is 50.0 Å². The predicted molar refractivity (Wildman–Crippen MR) is 115 cm³/mol. The van der Waals surface area contributed by atoms with Gasteiger partial charge in [0.25, 0.3) is 0 Å². The highest BCUT2D eigenvalue weighted by Crippen LogP contribution is 2.28. The van der Waals surface area contributed by atoms with Crippen LogP contribution in [-0.2, 0) is 14.8 Å². The van der Waals surface area contributed by atoms with Crippen molar-refractivity contribution in [3.8, 4) is 0 Å². The molecule has 1 fully saturated rings. The lowest BCUT2D eigenvalue weighted by atomic mass is 10.0. The van der Waals surface area contributed by atoms with E-state index in [1.807, 2.05) is 43.8 Å². The molecule has 152 valence electrons. The van der Waals surface area contributed by atoms with E-state index in [0.717, 1.165) is 34.8 Å². The topological polar surface area (TPSA) is 66.5 Å². The SMILES string of the molecule is Cc1cccc(C)c1N(CC(=O)NCCCSC1CCCCC1)S(C)(=O)=O. The molecule has 0 heterocycles. The van der Waals surface area contributed by atoms with Gasteiger partial charge < -0.3 is 5.32 Å². The summed E-state index contributed by atoms with van der Waals surface area (Å²) in [5.41, 5.74) is 2.29. The van der Waals surface area contributed by atoms with Crippen LogP contribution < -0.4 is 9.62 Å². The standard InChI is InChI=1S/C20H32N2O3S2/c1-16-9-7-10-17(2)20(16)22(27(3,24)25)15-19(23)21-13-8-14-26-18-11-5-4-6-12-18/h7,9-10,18H,4-6,8,11-15H2,1-3H3,(H,21,23). The first-order chi connectivity index (χ1) is 12.8. The molecule has 0 aromatic heterocycles. The molecule has 0 spiro atoms. The molecule has 1 saturated carbocycles. The zero-order valence-corrected chi connectivity index (χ0v) is 18.3. The van der Waals surface area contributed by atoms with Crippen LogP contribution in [0.5, 0.6) is 0 Å². The highest BCUT2D eigenvalue weighted by Gasteiger charge is 2.23. The summed E-state index contributed by atoms with van der Waals surface area (Å²) in [7, 11) is -3.54. The first-order valence-electron chi connectivity index (χ1n) is 9.71. The Labute approximate surface area is 168 Å². The van der Waals surface area contributed by atoms with Crippen LogP contribution in [0.4, 0.5) is 5.69 Å². The minimum Gasteiger partial charge on any atom is -0.354 e. The van der Waals surface area contributed by atoms with Gasteiger partial charge in [0.05, 0.1) is 11.9 Å². The molecular weight excluding hydrogens is 380 g/mol. The van der Waals surface area contributed by atoms with Crippen molar-refractivity contribution in [1.29, 1.82) is 0 Å². The van der Waals surface area contributed by atoms with Gasteiger partial charge in [0.1, 0.15) is 6.54 Å². The highest BCUT2D eigenvalue weighted by atomic mass is 32.2. The van der Waals surface area contributed by atoms with Gasteiger partial charge >= 0.3 is 0 Å². The van der Waals surface area contributed by atoms with E-state index in [4.69, 9.17) is 0 Å². The Morgan fingerprint density at radius 1 is 1.19 bits per heavy atom. The molecule has 1 aromatic rings. The predicted octanol–water partition coefficient (Wildman–Crippen LogP) is 3.64. The Bertz CT molecular complexity index is 708. The number of sulfonamides is 1. The number of aryl methyl sites for hydroxylation is 2. The summed E-state index contributed by atoms with van der Waals surface area (Å²) in [6.45, 7) is 4.13. The quantitative estimate of drug-likeness (QED) is 0.629. The minimum absolute atomic E-state index is 0.180. The molecule has 5 nitrogen and oxygen atoms in total. The molecule has 7 heteroatoms. The number of thioether (sulfide) groups is 1. The van der Waals surface area contributed by atoms with E-state index in [0.29, 0.717) is 12.2 Å². The van der Waals surface area contributed by atoms with Gasteiger partial charge in [-0.15, -0.1) is 0 Å². The Hall–Kier alpha value is -1.21. The first kappa shape index (κ1) is 22.1. The van der Waals surface area contributed by atoms with Gasteiger partial charge in [0.15, 0.2) is 0 Å². The van der Waals surface area contributed by atoms with E-state index in [-0.39, 0.29) is 12.5 Å². The van der Waals surface area contributed by atoms with Gasteiger partial charge in [-0.2, -0.15) is 11.8 Å². The summed E-state index contributed by atoms with van der Waals surface area (Å²) in [6, 6.07) is 5.61. The third-order valence-corrected chi connectivity index (χ3v) is 7.50. The molecule has 1 aliphatic rings. The Balaban J connectivity index is 1.84. The summed E-state index contributed by atoms with van der Waals surface area (Å²) in [5.74, 6) is 0.781. The fourth-order valence-corrected chi connectivity index (χ4v) is 5.81. The molecule has 0 radical (unpaired) electrons. The number of carbonyl (C=O) groups excluding carboxylic acids is 1. The van der Waals surface area contributed by atoms with Crippen LogP contribution in [0.3, 0.4) is 0 Å². The molecule has 0 aliphatic heterocycles. The number of nitrogens with one attached hydrogen (secondary N) is 1. The van der Waals surface area contributed by atoms with Crippen molar-refractivity contribution in [1.82, 2.24) is 5.32 Å². The lowest BCUT2D eigenvalue weighted by Crippen LogP contribution is -2.41. The average Bonchev–Trinajstić information content (AvgIpc) is 2.60. The number of amides is 1. The average molecular weight is 413 g/mol. The van der Waals surface area contributed by atoms with Crippen LogP contribution in [-0.4, -0.2) is 44.7 Å². The second-order valence-electron chi connectivity index (χ2n) is 7.34. The van der Waals surface area contributed by atoms with Gasteiger partial charge in [-0.25, -0.2) is 8.42 Å². The normalized spacial score (nSPS) is 15.5. The van der Waals surface area contributed by atoms with E-state index in [1.54, 1.807) is 0 Å². The zero-order chi connectivity index (χ0) is 19.9. The number of hydrogen-bond acceptors (Lipinski definition) is 4. The second-order valence-corrected chi connectivity index (χ2v) is 10.7. The molecule has 0 unspecified atom stereocenters. The number of carbonyl (C=O) groups is 1. The number of benzene rings is 1. The maximum Gasteiger partial charge on any atom is 0.240 e. The minimum atomic E-state index is -3.54. The van der Waals surface area contributed by atoms with Gasteiger partial charge in [0, 0.05) is 11.8 Å². The molecule has 27 heavy (non-hydrogen) atoms. The van der Waals surface area contributed by atoms with Crippen LogP contribution in [0.25, 0.3) is 0 Å². The lowest BCUT2D eigenvalue weighted by Gasteiger charge is -2.25. The maximum absolute atomic E-state index is 12.3. The highest BCUT2D eigenvalue weighted by molar-refractivity contribution is 7.99. The van der Waals surface area contributed by atoms with Crippen LogP contribution in [0.2, 0.25) is 0 Å². The molecular formula is C20H32N2O3S2. The lowest BCUT2D eigenvalue weighted by molar-refractivity contribution is -0.119. The van der Waals surface area contributed by atoms with Crippen molar-refractivity contribution in [2.24, 2.45) is 0 Å². The van der Waals surface area contributed by atoms with E-state index in [2.05, 4.69) is 5.32 Å². The fraction of sp³-hybridized carbons (Fsp3) is 0.650. The third-order valence-electron chi connectivity index (χ3n) is 4.93. The second kappa shape index (κ2) is 10.4. The summed E-state index contributed by atoms with van der Waals surface area (Å²) >= 11 is 2.01. The summed E-state index contributed by atoms with van der Waals surface area (Å²) in [6.07, 6.45) is 8.74. The number of para-hydroxylation sites is 1. The van der Waals surface area contributed by atoms with Crippen LogP contribution >= 0.6 is 11.8 Å². The van der Waals surface area contributed by atoms with Gasteiger partial charge in [-0.1, -0.05) is 37.5 Å². The van der Waals surface area contributed by atoms with E-state index in [1.165, 1.54) is 36.4 Å². The van der Waals surface area contributed by atoms with Crippen LogP contribution in [0.1, 0.15) is 49.7 Å². The molecule has 0 saturated heterocycles. The number of nitrogens with zero attached hydrogens (tertiary/aromatic N) is 1. The van der Waals surface area contributed by atoms with Crippen LogP contribution in [0.15, 0.2) is 18.2 Å². The molecule has 1 amide bonds. The summed E-state index contributed by atoms with van der Waals surface area (Å²) in [5, 5.41) is 3.65. The van der Waals surface area contributed by atoms with Crippen molar-refractivity contribution in [3.63, 3.8) is 0 Å². The zero-order valence-electron chi connectivity index (χ0n) is 16.7. The number of anilines is 1. The Kier molecular flexibility index (Phi) is 8.48. The Morgan fingerprint density at radius 2 is 1.81 bits per heavy atom. The van der Waals surface area contributed by atoms with Crippen molar-refractivity contribution < 1.29 is 13.2 Å². The third kappa shape index (κ3) is 7.03. The van der Waals surface area contributed by atoms with Gasteiger partial charge in [0.2, 0.25) is 15.9 Å². The number of hydrogen-bond donors (Lipinski definition) is 1. The monoisotopic (exact) mass is 412 g/mol.